The molecular formula is C31H31NO7. The Labute approximate surface area is 227 Å². The molecule has 202 valence electrons. The number of carbonyl (C=O) groups is 2. The van der Waals surface area contributed by atoms with Crippen LogP contribution in [0.25, 0.3) is 5.76 Å². The normalized spacial score (nSPS) is 17.8. The molecule has 1 atom stereocenters. The summed E-state index contributed by atoms with van der Waals surface area (Å²) in [5.74, 6) is 0.421. The van der Waals surface area contributed by atoms with Gasteiger partial charge in [-0.25, -0.2) is 0 Å². The van der Waals surface area contributed by atoms with Gasteiger partial charge in [0.1, 0.15) is 19.0 Å². The summed E-state index contributed by atoms with van der Waals surface area (Å²) in [6.45, 7) is 5.73. The molecule has 1 amide bonds. The van der Waals surface area contributed by atoms with Crippen molar-refractivity contribution >= 4 is 17.4 Å². The van der Waals surface area contributed by atoms with Gasteiger partial charge in [0, 0.05) is 12.1 Å². The van der Waals surface area contributed by atoms with Gasteiger partial charge in [0.05, 0.1) is 24.8 Å². The molecule has 0 aromatic heterocycles. The van der Waals surface area contributed by atoms with Crippen molar-refractivity contribution in [3.8, 4) is 23.0 Å². The molecule has 8 heteroatoms. The first-order valence-corrected chi connectivity index (χ1v) is 13.1. The van der Waals surface area contributed by atoms with Gasteiger partial charge in [0.25, 0.3) is 11.7 Å². The number of aliphatic hydroxyl groups excluding tert-OH is 1. The molecule has 2 aliphatic rings. The Morgan fingerprint density at radius 3 is 2.36 bits per heavy atom. The zero-order chi connectivity index (χ0) is 27.4. The van der Waals surface area contributed by atoms with Crippen molar-refractivity contribution < 1.29 is 33.6 Å². The molecule has 0 spiro atoms. The Kier molecular flexibility index (Phi) is 7.72. The van der Waals surface area contributed by atoms with Crippen molar-refractivity contribution in [3.63, 3.8) is 0 Å². The monoisotopic (exact) mass is 529 g/mol. The number of benzene rings is 3. The predicted molar refractivity (Wildman–Crippen MR) is 145 cm³/mol. The van der Waals surface area contributed by atoms with E-state index in [1.54, 1.807) is 36.4 Å². The van der Waals surface area contributed by atoms with Crippen LogP contribution in [0.5, 0.6) is 23.0 Å². The number of fused-ring (bicyclic) bond motifs is 1. The SMILES string of the molecule is CCOc1ccc(C2/C(=C(\O)c3ccc4c(c3)OCCO4)C(=O)C(=O)N2CCc2ccccc2)cc1OCC. The molecule has 3 aromatic carbocycles. The first kappa shape index (κ1) is 26.2. The van der Waals surface area contributed by atoms with Crippen molar-refractivity contribution in [1.29, 1.82) is 0 Å². The van der Waals surface area contributed by atoms with Crippen LogP contribution in [-0.4, -0.2) is 54.7 Å². The standard InChI is InChI=1S/C31H31NO7/c1-3-36-23-12-10-21(18-25(23)37-4-2)28-27(29(33)22-11-13-24-26(19-22)39-17-16-38-24)30(34)31(35)32(28)15-14-20-8-6-5-7-9-20/h5-13,18-19,28,33H,3-4,14-17H2,1-2H3/b29-27+. The largest absolute Gasteiger partial charge is 0.507 e. The minimum atomic E-state index is -0.822. The Morgan fingerprint density at radius 1 is 0.897 bits per heavy atom. The first-order chi connectivity index (χ1) is 19.0. The lowest BCUT2D eigenvalue weighted by Gasteiger charge is -2.26. The average molecular weight is 530 g/mol. The number of hydrogen-bond donors (Lipinski definition) is 1. The van der Waals surface area contributed by atoms with Crippen molar-refractivity contribution in [3.05, 3.63) is 89.0 Å². The van der Waals surface area contributed by atoms with E-state index in [4.69, 9.17) is 18.9 Å². The smallest absolute Gasteiger partial charge is 0.295 e. The van der Waals surface area contributed by atoms with Gasteiger partial charge in [-0.05, 0) is 61.7 Å². The van der Waals surface area contributed by atoms with Gasteiger partial charge >= 0.3 is 0 Å². The molecule has 1 N–H and O–H groups in total. The van der Waals surface area contributed by atoms with Gasteiger partial charge in [0.15, 0.2) is 23.0 Å². The molecule has 2 heterocycles. The van der Waals surface area contributed by atoms with Crippen LogP contribution in [0.3, 0.4) is 0 Å². The topological polar surface area (TPSA) is 94.5 Å². The molecule has 1 unspecified atom stereocenters. The molecule has 8 nitrogen and oxygen atoms in total. The van der Waals surface area contributed by atoms with Gasteiger partial charge in [-0.3, -0.25) is 9.59 Å². The minimum Gasteiger partial charge on any atom is -0.507 e. The number of ketones is 1. The third-order valence-electron chi connectivity index (χ3n) is 6.72. The summed E-state index contributed by atoms with van der Waals surface area (Å²) in [7, 11) is 0. The number of aliphatic hydroxyl groups is 1. The van der Waals surface area contributed by atoms with E-state index in [1.807, 2.05) is 44.2 Å². The molecular weight excluding hydrogens is 498 g/mol. The summed E-state index contributed by atoms with van der Waals surface area (Å²) in [6, 6.07) is 19.2. The molecule has 3 aromatic rings. The number of nitrogens with zero attached hydrogens (tertiary/aromatic N) is 1. The third-order valence-corrected chi connectivity index (χ3v) is 6.72. The molecule has 2 aliphatic heterocycles. The fraction of sp³-hybridized carbons (Fsp3) is 0.290. The van der Waals surface area contributed by atoms with Crippen LogP contribution in [0.15, 0.2) is 72.3 Å². The van der Waals surface area contributed by atoms with E-state index in [-0.39, 0.29) is 17.9 Å². The van der Waals surface area contributed by atoms with Crippen LogP contribution in [0.4, 0.5) is 0 Å². The second kappa shape index (κ2) is 11.5. The first-order valence-electron chi connectivity index (χ1n) is 13.1. The van der Waals surface area contributed by atoms with Gasteiger partial charge in [-0.1, -0.05) is 36.4 Å². The van der Waals surface area contributed by atoms with Gasteiger partial charge < -0.3 is 29.0 Å². The molecule has 0 saturated carbocycles. The van der Waals surface area contributed by atoms with E-state index in [2.05, 4.69) is 0 Å². The molecule has 1 fully saturated rings. The lowest BCUT2D eigenvalue weighted by atomic mass is 9.94. The maximum atomic E-state index is 13.5. The fourth-order valence-electron chi connectivity index (χ4n) is 4.94. The summed E-state index contributed by atoms with van der Waals surface area (Å²) in [5, 5.41) is 11.5. The van der Waals surface area contributed by atoms with E-state index < -0.39 is 17.7 Å². The zero-order valence-corrected chi connectivity index (χ0v) is 22.0. The van der Waals surface area contributed by atoms with E-state index >= 15 is 0 Å². The van der Waals surface area contributed by atoms with E-state index in [1.165, 1.54) is 4.90 Å². The number of hydrogen-bond acceptors (Lipinski definition) is 7. The summed E-state index contributed by atoms with van der Waals surface area (Å²) in [4.78, 5) is 28.4. The lowest BCUT2D eigenvalue weighted by molar-refractivity contribution is -0.139. The number of rotatable bonds is 9. The van der Waals surface area contributed by atoms with E-state index in [9.17, 15) is 14.7 Å². The quantitative estimate of drug-likeness (QED) is 0.239. The average Bonchev–Trinajstić information content (AvgIpc) is 3.22. The van der Waals surface area contributed by atoms with Crippen LogP contribution in [0, 0.1) is 0 Å². The van der Waals surface area contributed by atoms with Crippen LogP contribution >= 0.6 is 0 Å². The zero-order valence-electron chi connectivity index (χ0n) is 22.0. The second-order valence-electron chi connectivity index (χ2n) is 9.16. The molecule has 0 aliphatic carbocycles. The maximum Gasteiger partial charge on any atom is 0.295 e. The molecule has 39 heavy (non-hydrogen) atoms. The summed E-state index contributed by atoms with van der Waals surface area (Å²) in [5.41, 5.74) is 2.04. The summed E-state index contributed by atoms with van der Waals surface area (Å²) in [6.07, 6.45) is 0.545. The Balaban J connectivity index is 1.60. The van der Waals surface area contributed by atoms with Crippen molar-refractivity contribution in [1.82, 2.24) is 4.90 Å². The van der Waals surface area contributed by atoms with Gasteiger partial charge in [-0.2, -0.15) is 0 Å². The highest BCUT2D eigenvalue weighted by Gasteiger charge is 2.46. The highest BCUT2D eigenvalue weighted by atomic mass is 16.6. The van der Waals surface area contributed by atoms with Crippen LogP contribution in [-0.2, 0) is 16.0 Å². The summed E-state index contributed by atoms with van der Waals surface area (Å²) < 4.78 is 22.8. The van der Waals surface area contributed by atoms with Crippen LogP contribution in [0.2, 0.25) is 0 Å². The van der Waals surface area contributed by atoms with Crippen molar-refractivity contribution in [2.75, 3.05) is 33.0 Å². The Bertz CT molecular complexity index is 1400. The van der Waals surface area contributed by atoms with E-state index in [0.717, 1.165) is 5.56 Å². The third kappa shape index (κ3) is 5.27. The number of amides is 1. The number of carbonyl (C=O) groups excluding carboxylic acids is 2. The minimum absolute atomic E-state index is 0.0105. The number of likely N-dealkylation sites (tertiary alicyclic amines) is 1. The molecule has 1 saturated heterocycles. The van der Waals surface area contributed by atoms with Gasteiger partial charge in [-0.15, -0.1) is 0 Å². The predicted octanol–water partition coefficient (Wildman–Crippen LogP) is 4.92. The second-order valence-corrected chi connectivity index (χ2v) is 9.16. The van der Waals surface area contributed by atoms with Crippen molar-refractivity contribution in [2.45, 2.75) is 26.3 Å². The van der Waals surface area contributed by atoms with Crippen LogP contribution in [0.1, 0.15) is 36.6 Å². The highest BCUT2D eigenvalue weighted by Crippen LogP contribution is 2.43. The van der Waals surface area contributed by atoms with Crippen molar-refractivity contribution in [2.24, 2.45) is 0 Å². The highest BCUT2D eigenvalue weighted by molar-refractivity contribution is 6.46. The number of Topliss-reactive ketones (excluding diaryl/α,β-unsaturated/α-hetero) is 1. The molecule has 5 rings (SSSR count). The molecule has 0 bridgehead atoms. The maximum absolute atomic E-state index is 13.5. The fourth-order valence-corrected chi connectivity index (χ4v) is 4.94. The lowest BCUT2D eigenvalue weighted by Crippen LogP contribution is -2.31. The van der Waals surface area contributed by atoms with Crippen LogP contribution < -0.4 is 18.9 Å². The Morgan fingerprint density at radius 2 is 1.62 bits per heavy atom. The Hall–Kier alpha value is -4.46. The molecule has 0 radical (unpaired) electrons. The van der Waals surface area contributed by atoms with E-state index in [0.29, 0.717) is 67.0 Å². The van der Waals surface area contributed by atoms with Gasteiger partial charge in [0.2, 0.25) is 0 Å². The summed E-state index contributed by atoms with van der Waals surface area (Å²) >= 11 is 0. The number of ether oxygens (including phenoxy) is 4.